The molecule has 1 fully saturated rings. The molecule has 1 aliphatic carbocycles. The molecule has 3 atom stereocenters. The van der Waals surface area contributed by atoms with Gasteiger partial charge in [0.05, 0.1) is 0 Å². The van der Waals surface area contributed by atoms with E-state index in [0.717, 1.165) is 10.9 Å². The van der Waals surface area contributed by atoms with E-state index in [9.17, 15) is 0 Å². The number of hydrogen-bond acceptors (Lipinski definition) is 2. The number of rotatable bonds is 4. The van der Waals surface area contributed by atoms with Crippen molar-refractivity contribution in [3.8, 4) is 0 Å². The molecule has 0 bridgehead atoms. The lowest BCUT2D eigenvalue weighted by molar-refractivity contribution is 0.317. The van der Waals surface area contributed by atoms with Crippen molar-refractivity contribution in [3.63, 3.8) is 0 Å². The zero-order valence-electron chi connectivity index (χ0n) is 10.9. The summed E-state index contributed by atoms with van der Waals surface area (Å²) in [5.41, 5.74) is 6.27. The summed E-state index contributed by atoms with van der Waals surface area (Å²) in [4.78, 5) is 1.29. The summed E-state index contributed by atoms with van der Waals surface area (Å²) >= 11 is 7.84. The number of benzene rings is 1. The van der Waals surface area contributed by atoms with E-state index in [1.165, 1.54) is 37.0 Å². The first kappa shape index (κ1) is 14.2. The minimum atomic E-state index is 0.346. The van der Waals surface area contributed by atoms with Crippen molar-refractivity contribution in [3.05, 3.63) is 29.3 Å². The summed E-state index contributed by atoms with van der Waals surface area (Å²) in [5.74, 6) is 0.875. The van der Waals surface area contributed by atoms with Gasteiger partial charge in [-0.15, -0.1) is 11.8 Å². The second-order valence-electron chi connectivity index (χ2n) is 5.24. The first-order valence-corrected chi connectivity index (χ1v) is 8.12. The van der Waals surface area contributed by atoms with Crippen LogP contribution in [0.4, 0.5) is 0 Å². The summed E-state index contributed by atoms with van der Waals surface area (Å²) < 4.78 is 0. The van der Waals surface area contributed by atoms with Gasteiger partial charge in [0.1, 0.15) is 0 Å². The minimum Gasteiger partial charge on any atom is -0.327 e. The van der Waals surface area contributed by atoms with E-state index in [2.05, 4.69) is 19.1 Å². The Bertz CT molecular complexity index is 365. The summed E-state index contributed by atoms with van der Waals surface area (Å²) in [6.45, 7) is 2.27. The molecule has 100 valence electrons. The molecule has 0 heterocycles. The Morgan fingerprint density at radius 3 is 2.67 bits per heavy atom. The molecule has 1 aromatic carbocycles. The molecule has 0 amide bonds. The van der Waals surface area contributed by atoms with E-state index >= 15 is 0 Å². The van der Waals surface area contributed by atoms with Crippen LogP contribution < -0.4 is 5.73 Å². The predicted molar refractivity (Wildman–Crippen MR) is 81.3 cm³/mol. The molecule has 18 heavy (non-hydrogen) atoms. The quantitative estimate of drug-likeness (QED) is 0.865. The second-order valence-corrected chi connectivity index (χ2v) is 6.99. The molecule has 0 aromatic heterocycles. The topological polar surface area (TPSA) is 26.0 Å². The maximum absolute atomic E-state index is 6.27. The second kappa shape index (κ2) is 6.83. The number of hydrogen-bond donors (Lipinski definition) is 1. The van der Waals surface area contributed by atoms with Crippen molar-refractivity contribution < 1.29 is 0 Å². The smallest absolute Gasteiger partial charge is 0.0406 e. The summed E-state index contributed by atoms with van der Waals surface area (Å²) in [7, 11) is 0. The molecule has 0 spiro atoms. The highest BCUT2D eigenvalue weighted by Gasteiger charge is 2.28. The van der Waals surface area contributed by atoms with Crippen LogP contribution in [0, 0.1) is 5.92 Å². The SMILES string of the molecule is CCCC1CCC(N)C(Sc2ccc(Cl)cc2)C1. The van der Waals surface area contributed by atoms with E-state index in [1.807, 2.05) is 23.9 Å². The van der Waals surface area contributed by atoms with Gasteiger partial charge >= 0.3 is 0 Å². The van der Waals surface area contributed by atoms with Crippen molar-refractivity contribution in [2.24, 2.45) is 11.7 Å². The third kappa shape index (κ3) is 3.91. The van der Waals surface area contributed by atoms with Gasteiger partial charge in [-0.1, -0.05) is 31.4 Å². The van der Waals surface area contributed by atoms with Gasteiger partial charge in [-0.05, 0) is 49.4 Å². The van der Waals surface area contributed by atoms with Crippen LogP contribution in [0.15, 0.2) is 29.2 Å². The van der Waals surface area contributed by atoms with Crippen molar-refractivity contribution in [1.29, 1.82) is 0 Å². The molecule has 3 heteroatoms. The van der Waals surface area contributed by atoms with E-state index < -0.39 is 0 Å². The van der Waals surface area contributed by atoms with Gasteiger partial charge in [-0.3, -0.25) is 0 Å². The largest absolute Gasteiger partial charge is 0.327 e. The van der Waals surface area contributed by atoms with E-state index in [1.54, 1.807) is 0 Å². The Hall–Kier alpha value is -0.180. The summed E-state index contributed by atoms with van der Waals surface area (Å²) in [6, 6.07) is 8.47. The molecule has 3 unspecified atom stereocenters. The van der Waals surface area contributed by atoms with Crippen molar-refractivity contribution in [2.45, 2.75) is 55.2 Å². The Morgan fingerprint density at radius 2 is 2.00 bits per heavy atom. The maximum atomic E-state index is 6.27. The molecular weight excluding hydrogens is 262 g/mol. The van der Waals surface area contributed by atoms with Gasteiger partial charge in [0.25, 0.3) is 0 Å². The predicted octanol–water partition coefficient (Wildman–Crippen LogP) is 4.73. The number of thioether (sulfide) groups is 1. The lowest BCUT2D eigenvalue weighted by Gasteiger charge is -2.33. The zero-order chi connectivity index (χ0) is 13.0. The van der Waals surface area contributed by atoms with Gasteiger partial charge < -0.3 is 5.73 Å². The van der Waals surface area contributed by atoms with Crippen molar-refractivity contribution in [1.82, 2.24) is 0 Å². The highest BCUT2D eigenvalue weighted by Crippen LogP contribution is 2.37. The molecule has 0 aliphatic heterocycles. The van der Waals surface area contributed by atoms with Gasteiger partial charge in [-0.25, -0.2) is 0 Å². The summed E-state index contributed by atoms with van der Waals surface area (Å²) in [6.07, 6.45) is 6.40. The maximum Gasteiger partial charge on any atom is 0.0406 e. The molecule has 1 nitrogen and oxygen atoms in total. The monoisotopic (exact) mass is 283 g/mol. The van der Waals surface area contributed by atoms with Crippen LogP contribution in [-0.2, 0) is 0 Å². The lowest BCUT2D eigenvalue weighted by Crippen LogP contribution is -2.38. The fourth-order valence-electron chi connectivity index (χ4n) is 2.73. The highest BCUT2D eigenvalue weighted by molar-refractivity contribution is 8.00. The third-order valence-electron chi connectivity index (χ3n) is 3.75. The number of nitrogens with two attached hydrogens (primary N) is 1. The van der Waals surface area contributed by atoms with Crippen LogP contribution in [0.5, 0.6) is 0 Å². The highest BCUT2D eigenvalue weighted by atomic mass is 35.5. The van der Waals surface area contributed by atoms with E-state index in [-0.39, 0.29) is 0 Å². The van der Waals surface area contributed by atoms with Crippen molar-refractivity contribution >= 4 is 23.4 Å². The lowest BCUT2D eigenvalue weighted by atomic mass is 9.83. The minimum absolute atomic E-state index is 0.346. The molecule has 2 rings (SSSR count). The summed E-state index contributed by atoms with van der Waals surface area (Å²) in [5, 5.41) is 1.37. The fraction of sp³-hybridized carbons (Fsp3) is 0.600. The number of halogens is 1. The van der Waals surface area contributed by atoms with Crippen LogP contribution in [0.2, 0.25) is 5.02 Å². The Labute approximate surface area is 119 Å². The van der Waals surface area contributed by atoms with E-state index in [4.69, 9.17) is 17.3 Å². The third-order valence-corrected chi connectivity index (χ3v) is 5.39. The molecule has 0 saturated heterocycles. The van der Waals surface area contributed by atoms with Crippen LogP contribution in [-0.4, -0.2) is 11.3 Å². The van der Waals surface area contributed by atoms with Gasteiger partial charge in [-0.2, -0.15) is 0 Å². The fourth-order valence-corrected chi connectivity index (χ4v) is 4.18. The molecule has 2 N–H and O–H groups in total. The average molecular weight is 284 g/mol. The molecule has 1 aliphatic rings. The Kier molecular flexibility index (Phi) is 5.40. The standard InChI is InChI=1S/C15H22ClNS/c1-2-3-11-4-9-14(17)15(10-11)18-13-7-5-12(16)6-8-13/h5-8,11,14-15H,2-4,9-10,17H2,1H3. The van der Waals surface area contributed by atoms with Crippen LogP contribution in [0.1, 0.15) is 39.0 Å². The Balaban J connectivity index is 1.95. The first-order chi connectivity index (χ1) is 8.69. The molecule has 0 radical (unpaired) electrons. The van der Waals surface area contributed by atoms with Crippen LogP contribution >= 0.6 is 23.4 Å². The van der Waals surface area contributed by atoms with Gasteiger partial charge in [0, 0.05) is 21.2 Å². The van der Waals surface area contributed by atoms with Gasteiger partial charge in [0.2, 0.25) is 0 Å². The van der Waals surface area contributed by atoms with E-state index in [0.29, 0.717) is 11.3 Å². The Morgan fingerprint density at radius 1 is 1.28 bits per heavy atom. The zero-order valence-corrected chi connectivity index (χ0v) is 12.5. The van der Waals surface area contributed by atoms with Gasteiger partial charge in [0.15, 0.2) is 0 Å². The first-order valence-electron chi connectivity index (χ1n) is 6.87. The molecular formula is C15H22ClNS. The van der Waals surface area contributed by atoms with Crippen molar-refractivity contribution in [2.75, 3.05) is 0 Å². The van der Waals surface area contributed by atoms with Crippen LogP contribution in [0.3, 0.4) is 0 Å². The normalized spacial score (nSPS) is 28.3. The molecule has 1 aromatic rings. The van der Waals surface area contributed by atoms with Crippen LogP contribution in [0.25, 0.3) is 0 Å². The average Bonchev–Trinajstić information content (AvgIpc) is 2.36. The molecule has 1 saturated carbocycles.